The minimum Gasteiger partial charge on any atom is -0.346 e. The molecule has 0 spiro atoms. The van der Waals surface area contributed by atoms with Crippen molar-refractivity contribution in [1.82, 2.24) is 25.8 Å². The average Bonchev–Trinajstić information content (AvgIpc) is 2.79. The zero-order valence-electron chi connectivity index (χ0n) is 17.8. The van der Waals surface area contributed by atoms with Crippen LogP contribution in [0.1, 0.15) is 17.2 Å². The number of hydrogen-bond donors (Lipinski definition) is 3. The van der Waals surface area contributed by atoms with E-state index in [1.807, 2.05) is 30.3 Å². The molecule has 1 saturated heterocycles. The first-order valence-electron chi connectivity index (χ1n) is 10.5. The van der Waals surface area contributed by atoms with E-state index < -0.39 is 6.03 Å². The van der Waals surface area contributed by atoms with E-state index in [2.05, 4.69) is 32.8 Å². The molecule has 1 aliphatic heterocycles. The van der Waals surface area contributed by atoms with Crippen molar-refractivity contribution in [3.8, 4) is 0 Å². The molecular formula is C23H30FN5O2. The lowest BCUT2D eigenvalue weighted by Crippen LogP contribution is -2.49. The van der Waals surface area contributed by atoms with Gasteiger partial charge in [-0.15, -0.1) is 0 Å². The van der Waals surface area contributed by atoms with Crippen LogP contribution in [0.4, 0.5) is 9.18 Å². The molecule has 7 nitrogen and oxygen atoms in total. The van der Waals surface area contributed by atoms with Crippen LogP contribution in [-0.2, 0) is 11.3 Å². The number of hydrogen-bond acceptors (Lipinski definition) is 4. The normalized spacial score (nSPS) is 15.8. The third kappa shape index (κ3) is 7.66. The summed E-state index contributed by atoms with van der Waals surface area (Å²) in [4.78, 5) is 29.2. The lowest BCUT2D eigenvalue weighted by atomic mass is 10.1. The number of rotatable bonds is 8. The molecule has 1 fully saturated rings. The molecule has 0 bridgehead atoms. The molecule has 2 aromatic carbocycles. The number of piperazine rings is 1. The average molecular weight is 428 g/mol. The van der Waals surface area contributed by atoms with Gasteiger partial charge in [-0.1, -0.05) is 42.5 Å². The van der Waals surface area contributed by atoms with Crippen LogP contribution in [0.15, 0.2) is 54.6 Å². The van der Waals surface area contributed by atoms with Crippen LogP contribution >= 0.6 is 0 Å². The molecule has 1 unspecified atom stereocenters. The summed E-state index contributed by atoms with van der Waals surface area (Å²) >= 11 is 0. The Bertz CT molecular complexity index is 839. The third-order valence-electron chi connectivity index (χ3n) is 5.35. The number of nitrogens with zero attached hydrogens (tertiary/aromatic N) is 2. The molecule has 3 amide bonds. The predicted molar refractivity (Wildman–Crippen MR) is 118 cm³/mol. The largest absolute Gasteiger partial charge is 0.346 e. The number of amides is 3. The topological polar surface area (TPSA) is 76.7 Å². The van der Waals surface area contributed by atoms with Crippen LogP contribution in [0.2, 0.25) is 0 Å². The van der Waals surface area contributed by atoms with Crippen LogP contribution in [0.3, 0.4) is 0 Å². The standard InChI is InChI=1S/C23H30FN5O2/c1-28-11-13-29(14-12-28)17-21(19-5-3-2-4-6-19)27-22(30)16-26-23(31)25-15-18-7-9-20(24)10-8-18/h2-10,21H,11-17H2,1H3,(H,27,30)(H2,25,26,31). The van der Waals surface area contributed by atoms with Gasteiger partial charge in [0.2, 0.25) is 5.91 Å². The third-order valence-corrected chi connectivity index (χ3v) is 5.35. The van der Waals surface area contributed by atoms with Gasteiger partial charge in [0.1, 0.15) is 5.82 Å². The van der Waals surface area contributed by atoms with E-state index in [4.69, 9.17) is 0 Å². The first kappa shape index (κ1) is 22.7. The minimum atomic E-state index is -0.449. The maximum absolute atomic E-state index is 12.9. The summed E-state index contributed by atoms with van der Waals surface area (Å²) in [5, 5.41) is 8.29. The zero-order valence-corrected chi connectivity index (χ0v) is 17.8. The molecule has 0 radical (unpaired) electrons. The van der Waals surface area contributed by atoms with Crippen LogP contribution in [0, 0.1) is 5.82 Å². The van der Waals surface area contributed by atoms with Gasteiger partial charge in [-0.2, -0.15) is 0 Å². The van der Waals surface area contributed by atoms with Gasteiger partial charge < -0.3 is 20.9 Å². The van der Waals surface area contributed by atoms with E-state index in [-0.39, 0.29) is 30.9 Å². The van der Waals surface area contributed by atoms with Gasteiger partial charge in [0.15, 0.2) is 0 Å². The summed E-state index contributed by atoms with van der Waals surface area (Å²) in [5.41, 5.74) is 1.81. The first-order valence-corrected chi connectivity index (χ1v) is 10.5. The molecule has 2 aromatic rings. The number of carbonyl (C=O) groups excluding carboxylic acids is 2. The molecule has 31 heavy (non-hydrogen) atoms. The highest BCUT2D eigenvalue weighted by Crippen LogP contribution is 2.15. The van der Waals surface area contributed by atoms with Crippen molar-refractivity contribution >= 4 is 11.9 Å². The quantitative estimate of drug-likeness (QED) is 0.600. The number of benzene rings is 2. The fraction of sp³-hybridized carbons (Fsp3) is 0.391. The number of halogens is 1. The Balaban J connectivity index is 1.47. The molecule has 0 saturated carbocycles. The fourth-order valence-electron chi connectivity index (χ4n) is 3.46. The second kappa shape index (κ2) is 11.4. The predicted octanol–water partition coefficient (Wildman–Crippen LogP) is 1.73. The van der Waals surface area contributed by atoms with E-state index in [1.54, 1.807) is 12.1 Å². The van der Waals surface area contributed by atoms with E-state index in [1.165, 1.54) is 12.1 Å². The highest BCUT2D eigenvalue weighted by atomic mass is 19.1. The van der Waals surface area contributed by atoms with Gasteiger partial charge in [-0.25, -0.2) is 9.18 Å². The van der Waals surface area contributed by atoms with Crippen LogP contribution in [0.25, 0.3) is 0 Å². The first-order chi connectivity index (χ1) is 15.0. The van der Waals surface area contributed by atoms with E-state index >= 15 is 0 Å². The Morgan fingerprint density at radius 3 is 2.32 bits per heavy atom. The summed E-state index contributed by atoms with van der Waals surface area (Å²) in [6.45, 7) is 4.78. The summed E-state index contributed by atoms with van der Waals surface area (Å²) in [7, 11) is 2.11. The molecule has 8 heteroatoms. The van der Waals surface area contributed by atoms with Crippen molar-refractivity contribution in [2.24, 2.45) is 0 Å². The van der Waals surface area contributed by atoms with Gasteiger partial charge >= 0.3 is 6.03 Å². The molecule has 166 valence electrons. The number of nitrogens with one attached hydrogen (secondary N) is 3. The van der Waals surface area contributed by atoms with E-state index in [9.17, 15) is 14.0 Å². The Hall–Kier alpha value is -2.97. The Labute approximate surface area is 182 Å². The molecular weight excluding hydrogens is 397 g/mol. The molecule has 0 aliphatic carbocycles. The summed E-state index contributed by atoms with van der Waals surface area (Å²) in [6.07, 6.45) is 0. The maximum Gasteiger partial charge on any atom is 0.315 e. The monoisotopic (exact) mass is 427 g/mol. The van der Waals surface area contributed by atoms with Crippen molar-refractivity contribution in [2.45, 2.75) is 12.6 Å². The summed E-state index contributed by atoms with van der Waals surface area (Å²) in [6, 6.07) is 15.2. The van der Waals surface area contributed by atoms with Crippen molar-refractivity contribution in [2.75, 3.05) is 46.3 Å². The highest BCUT2D eigenvalue weighted by Gasteiger charge is 2.21. The SMILES string of the molecule is CN1CCN(CC(NC(=O)CNC(=O)NCc2ccc(F)cc2)c2ccccc2)CC1. The smallest absolute Gasteiger partial charge is 0.315 e. The van der Waals surface area contributed by atoms with Gasteiger partial charge in [-0.3, -0.25) is 9.69 Å². The maximum atomic E-state index is 12.9. The van der Waals surface area contributed by atoms with Crippen molar-refractivity contribution in [3.63, 3.8) is 0 Å². The molecule has 1 atom stereocenters. The number of urea groups is 1. The lowest BCUT2D eigenvalue weighted by molar-refractivity contribution is -0.121. The van der Waals surface area contributed by atoms with E-state index in [0.29, 0.717) is 0 Å². The van der Waals surface area contributed by atoms with Crippen molar-refractivity contribution in [3.05, 3.63) is 71.5 Å². The van der Waals surface area contributed by atoms with Crippen LogP contribution in [0.5, 0.6) is 0 Å². The van der Waals surface area contributed by atoms with Crippen molar-refractivity contribution in [1.29, 1.82) is 0 Å². The molecule has 0 aromatic heterocycles. The Morgan fingerprint density at radius 1 is 0.968 bits per heavy atom. The second-order valence-electron chi connectivity index (χ2n) is 7.80. The molecule has 3 rings (SSSR count). The van der Waals surface area contributed by atoms with Gasteiger partial charge in [0.05, 0.1) is 12.6 Å². The molecule has 1 aliphatic rings. The van der Waals surface area contributed by atoms with Crippen LogP contribution in [-0.4, -0.2) is 68.1 Å². The number of carbonyl (C=O) groups is 2. The Morgan fingerprint density at radius 2 is 1.65 bits per heavy atom. The number of likely N-dealkylation sites (N-methyl/N-ethyl adjacent to an activating group) is 1. The zero-order chi connectivity index (χ0) is 22.1. The summed E-state index contributed by atoms with van der Waals surface area (Å²) < 4.78 is 12.9. The van der Waals surface area contributed by atoms with Crippen molar-refractivity contribution < 1.29 is 14.0 Å². The van der Waals surface area contributed by atoms with Crippen LogP contribution < -0.4 is 16.0 Å². The minimum absolute atomic E-state index is 0.124. The second-order valence-corrected chi connectivity index (χ2v) is 7.80. The van der Waals surface area contributed by atoms with E-state index in [0.717, 1.165) is 43.9 Å². The van der Waals surface area contributed by atoms with Gasteiger partial charge in [0, 0.05) is 39.3 Å². The van der Waals surface area contributed by atoms with Gasteiger partial charge in [-0.05, 0) is 30.3 Å². The molecule has 1 heterocycles. The lowest BCUT2D eigenvalue weighted by Gasteiger charge is -2.35. The van der Waals surface area contributed by atoms with Gasteiger partial charge in [0.25, 0.3) is 0 Å². The molecule has 3 N–H and O–H groups in total. The summed E-state index contributed by atoms with van der Waals surface area (Å²) in [5.74, 6) is -0.575. The highest BCUT2D eigenvalue weighted by molar-refractivity contribution is 5.84. The fourth-order valence-corrected chi connectivity index (χ4v) is 3.46. The Kier molecular flexibility index (Phi) is 8.37.